The number of fused-ring (bicyclic) bond motifs is 1. The number of benzene rings is 1. The Morgan fingerprint density at radius 1 is 1.25 bits per heavy atom. The van der Waals surface area contributed by atoms with Crippen LogP contribution in [0.15, 0.2) is 49.1 Å². The lowest BCUT2D eigenvalue weighted by Gasteiger charge is -2.10. The van der Waals surface area contributed by atoms with Gasteiger partial charge >= 0.3 is 0 Å². The monoisotopic (exact) mass is 392 g/mol. The van der Waals surface area contributed by atoms with E-state index in [1.54, 1.807) is 6.20 Å². The Morgan fingerprint density at radius 2 is 2.18 bits per heavy atom. The topological polar surface area (TPSA) is 81.5 Å². The minimum absolute atomic E-state index is 0.197. The van der Waals surface area contributed by atoms with Crippen LogP contribution in [0.25, 0.3) is 22.6 Å². The molecule has 5 rings (SSSR count). The van der Waals surface area contributed by atoms with E-state index in [0.717, 1.165) is 51.2 Å². The second kappa shape index (κ2) is 6.76. The Hall–Kier alpha value is -3.19. The third kappa shape index (κ3) is 2.93. The second-order valence-corrected chi connectivity index (χ2v) is 7.24. The number of halogens is 1. The normalized spacial score (nSPS) is 15.4. The molecule has 8 heteroatoms. The SMILES string of the molecule is Cc1[nH]nnc1-c1ccnc(-c2cn(C[C@H]3COc4cccc(Cl)c43)cn2)c1. The minimum Gasteiger partial charge on any atom is -0.493 e. The van der Waals surface area contributed by atoms with Crippen LogP contribution in [0.1, 0.15) is 17.2 Å². The third-order valence-electron chi connectivity index (χ3n) is 4.94. The van der Waals surface area contributed by atoms with Crippen LogP contribution in [-0.2, 0) is 6.54 Å². The lowest BCUT2D eigenvalue weighted by atomic mass is 10.0. The Kier molecular flexibility index (Phi) is 4.09. The fraction of sp³-hybridized carbons (Fsp3) is 0.200. The Balaban J connectivity index is 1.40. The number of imidazole rings is 1. The van der Waals surface area contributed by atoms with Gasteiger partial charge in [0.2, 0.25) is 0 Å². The number of pyridine rings is 1. The highest BCUT2D eigenvalue weighted by Gasteiger charge is 2.27. The quantitative estimate of drug-likeness (QED) is 0.570. The van der Waals surface area contributed by atoms with Crippen molar-refractivity contribution in [2.75, 3.05) is 6.61 Å². The zero-order valence-corrected chi connectivity index (χ0v) is 15.9. The molecule has 4 heterocycles. The first-order valence-corrected chi connectivity index (χ1v) is 9.34. The summed E-state index contributed by atoms with van der Waals surface area (Å²) in [6.07, 6.45) is 5.58. The number of aromatic amines is 1. The highest BCUT2D eigenvalue weighted by atomic mass is 35.5. The fourth-order valence-corrected chi connectivity index (χ4v) is 3.89. The molecule has 1 N–H and O–H groups in total. The summed E-state index contributed by atoms with van der Waals surface area (Å²) in [5, 5.41) is 11.6. The molecule has 0 spiro atoms. The molecular weight excluding hydrogens is 376 g/mol. The van der Waals surface area contributed by atoms with Crippen LogP contribution in [0, 0.1) is 6.92 Å². The maximum Gasteiger partial charge on any atom is 0.124 e. The largest absolute Gasteiger partial charge is 0.493 e. The molecule has 1 atom stereocenters. The molecule has 4 aromatic rings. The van der Waals surface area contributed by atoms with Crippen LogP contribution in [0.3, 0.4) is 0 Å². The molecule has 1 aliphatic heterocycles. The van der Waals surface area contributed by atoms with E-state index in [-0.39, 0.29) is 5.92 Å². The zero-order chi connectivity index (χ0) is 19.1. The van der Waals surface area contributed by atoms with Gasteiger partial charge in [-0.15, -0.1) is 5.10 Å². The molecule has 0 bridgehead atoms. The van der Waals surface area contributed by atoms with E-state index in [1.807, 2.05) is 49.8 Å². The van der Waals surface area contributed by atoms with Crippen molar-refractivity contribution in [3.05, 3.63) is 65.3 Å². The van der Waals surface area contributed by atoms with Crippen molar-refractivity contribution in [3.63, 3.8) is 0 Å². The van der Waals surface area contributed by atoms with Gasteiger partial charge in [0.15, 0.2) is 0 Å². The summed E-state index contributed by atoms with van der Waals surface area (Å²) >= 11 is 6.38. The number of rotatable bonds is 4. The number of ether oxygens (including phenoxy) is 1. The van der Waals surface area contributed by atoms with Gasteiger partial charge in [0.1, 0.15) is 17.1 Å². The van der Waals surface area contributed by atoms with Crippen LogP contribution in [0.2, 0.25) is 5.02 Å². The van der Waals surface area contributed by atoms with Gasteiger partial charge in [-0.1, -0.05) is 22.9 Å². The molecule has 0 radical (unpaired) electrons. The minimum atomic E-state index is 0.197. The van der Waals surface area contributed by atoms with E-state index >= 15 is 0 Å². The molecule has 0 saturated heterocycles. The summed E-state index contributed by atoms with van der Waals surface area (Å²) in [6, 6.07) is 9.67. The van der Waals surface area contributed by atoms with Gasteiger partial charge in [0.25, 0.3) is 0 Å². The van der Waals surface area contributed by atoms with Gasteiger partial charge in [-0.2, -0.15) is 0 Å². The number of nitrogens with zero attached hydrogens (tertiary/aromatic N) is 5. The predicted octanol–water partition coefficient (Wildman–Crippen LogP) is 3.87. The first-order valence-electron chi connectivity index (χ1n) is 8.96. The van der Waals surface area contributed by atoms with Crippen molar-refractivity contribution in [1.29, 1.82) is 0 Å². The summed E-state index contributed by atoms with van der Waals surface area (Å²) < 4.78 is 7.83. The molecule has 1 aliphatic rings. The van der Waals surface area contributed by atoms with Crippen LogP contribution in [-0.4, -0.2) is 36.6 Å². The highest BCUT2D eigenvalue weighted by Crippen LogP contribution is 2.39. The van der Waals surface area contributed by atoms with Crippen molar-refractivity contribution in [2.45, 2.75) is 19.4 Å². The molecule has 1 aromatic carbocycles. The number of hydrogen-bond donors (Lipinski definition) is 1. The van der Waals surface area contributed by atoms with Crippen LogP contribution < -0.4 is 4.74 Å². The Labute approximate surface area is 166 Å². The summed E-state index contributed by atoms with van der Waals surface area (Å²) in [4.78, 5) is 9.00. The number of H-pyrrole nitrogens is 1. The Bertz CT molecular complexity index is 1150. The number of aryl methyl sites for hydroxylation is 1. The zero-order valence-electron chi connectivity index (χ0n) is 15.1. The molecule has 7 nitrogen and oxygen atoms in total. The van der Waals surface area contributed by atoms with Gasteiger partial charge in [0, 0.05) is 41.0 Å². The van der Waals surface area contributed by atoms with Gasteiger partial charge < -0.3 is 9.30 Å². The summed E-state index contributed by atoms with van der Waals surface area (Å²) in [5.74, 6) is 1.07. The van der Waals surface area contributed by atoms with Gasteiger partial charge in [-0.3, -0.25) is 10.1 Å². The van der Waals surface area contributed by atoms with E-state index in [1.165, 1.54) is 0 Å². The maximum atomic E-state index is 6.38. The van der Waals surface area contributed by atoms with Gasteiger partial charge in [-0.05, 0) is 31.2 Å². The molecule has 0 amide bonds. The van der Waals surface area contributed by atoms with E-state index in [0.29, 0.717) is 6.61 Å². The summed E-state index contributed by atoms with van der Waals surface area (Å²) in [7, 11) is 0. The lowest BCUT2D eigenvalue weighted by molar-refractivity contribution is 0.319. The van der Waals surface area contributed by atoms with Gasteiger partial charge in [0.05, 0.1) is 24.3 Å². The molecule has 0 aliphatic carbocycles. The molecule has 0 saturated carbocycles. The van der Waals surface area contributed by atoms with E-state index in [9.17, 15) is 0 Å². The van der Waals surface area contributed by atoms with E-state index in [4.69, 9.17) is 16.3 Å². The number of nitrogens with one attached hydrogen (secondary N) is 1. The van der Waals surface area contributed by atoms with Crippen LogP contribution >= 0.6 is 11.6 Å². The predicted molar refractivity (Wildman–Crippen MR) is 105 cm³/mol. The number of hydrogen-bond acceptors (Lipinski definition) is 5. The summed E-state index contributed by atoms with van der Waals surface area (Å²) in [5.41, 5.74) is 5.36. The molecule has 28 heavy (non-hydrogen) atoms. The molecular formula is C20H17ClN6O. The molecule has 0 fully saturated rings. The standard InChI is InChI=1S/C20H17ClN6O/c1-12-20(25-26-24-12)13-5-6-22-16(7-13)17-9-27(11-23-17)8-14-10-28-18-4-2-3-15(21)19(14)18/h2-7,9,11,14H,8,10H2,1H3,(H,24,25,26)/t14-/m0/s1. The average Bonchev–Trinajstić information content (AvgIpc) is 3.43. The fourth-order valence-electron chi connectivity index (χ4n) is 3.57. The van der Waals surface area contributed by atoms with Crippen molar-refractivity contribution in [3.8, 4) is 28.4 Å². The number of aromatic nitrogens is 6. The highest BCUT2D eigenvalue weighted by molar-refractivity contribution is 6.31. The molecule has 140 valence electrons. The van der Waals surface area contributed by atoms with Crippen molar-refractivity contribution in [2.24, 2.45) is 0 Å². The van der Waals surface area contributed by atoms with Crippen molar-refractivity contribution < 1.29 is 4.74 Å². The smallest absolute Gasteiger partial charge is 0.124 e. The molecule has 0 unspecified atom stereocenters. The first kappa shape index (κ1) is 16.9. The second-order valence-electron chi connectivity index (χ2n) is 6.83. The van der Waals surface area contributed by atoms with Crippen molar-refractivity contribution in [1.82, 2.24) is 29.9 Å². The van der Waals surface area contributed by atoms with E-state index < -0.39 is 0 Å². The van der Waals surface area contributed by atoms with Crippen LogP contribution in [0.5, 0.6) is 5.75 Å². The van der Waals surface area contributed by atoms with E-state index in [2.05, 4.69) is 29.9 Å². The third-order valence-corrected chi connectivity index (χ3v) is 5.27. The maximum absolute atomic E-state index is 6.38. The van der Waals surface area contributed by atoms with Crippen LogP contribution in [0.4, 0.5) is 0 Å². The Morgan fingerprint density at radius 3 is 3.04 bits per heavy atom. The lowest BCUT2D eigenvalue weighted by Crippen LogP contribution is -2.09. The first-order chi connectivity index (χ1) is 13.7. The molecule has 3 aromatic heterocycles. The van der Waals surface area contributed by atoms with Gasteiger partial charge in [-0.25, -0.2) is 4.98 Å². The average molecular weight is 393 g/mol. The summed E-state index contributed by atoms with van der Waals surface area (Å²) in [6.45, 7) is 3.30. The van der Waals surface area contributed by atoms with Crippen molar-refractivity contribution >= 4 is 11.6 Å².